The molecule has 1 saturated carbocycles. The van der Waals surface area contributed by atoms with Gasteiger partial charge < -0.3 is 10.3 Å². The van der Waals surface area contributed by atoms with Crippen molar-refractivity contribution in [3.05, 3.63) is 29.8 Å². The van der Waals surface area contributed by atoms with Crippen LogP contribution in [0.5, 0.6) is 0 Å². The molecule has 2 aromatic heterocycles. The van der Waals surface area contributed by atoms with Crippen LogP contribution in [0, 0.1) is 12.8 Å². The maximum absolute atomic E-state index is 6.27. The molecule has 1 atom stereocenters. The Morgan fingerprint density at radius 3 is 2.85 bits per heavy atom. The lowest BCUT2D eigenvalue weighted by Crippen LogP contribution is -2.23. The Kier molecular flexibility index (Phi) is 3.78. The molecule has 1 aliphatic carbocycles. The van der Waals surface area contributed by atoms with E-state index in [-0.39, 0.29) is 6.04 Å². The highest BCUT2D eigenvalue weighted by Gasteiger charge is 2.26. The van der Waals surface area contributed by atoms with Crippen LogP contribution in [0.2, 0.25) is 0 Å². The van der Waals surface area contributed by atoms with Gasteiger partial charge in [0.15, 0.2) is 0 Å². The Morgan fingerprint density at radius 2 is 2.10 bits per heavy atom. The first-order valence-electron chi connectivity index (χ1n) is 7.26. The molecule has 0 radical (unpaired) electrons. The molecular formula is C15H20N4O. The average molecular weight is 272 g/mol. The summed E-state index contributed by atoms with van der Waals surface area (Å²) in [6, 6.07) is 3.74. The van der Waals surface area contributed by atoms with Gasteiger partial charge in [-0.05, 0) is 43.4 Å². The van der Waals surface area contributed by atoms with Crippen LogP contribution in [0.1, 0.15) is 49.6 Å². The third-order valence-corrected chi connectivity index (χ3v) is 4.03. The van der Waals surface area contributed by atoms with E-state index in [1.165, 1.54) is 19.3 Å². The molecule has 0 bridgehead atoms. The minimum absolute atomic E-state index is 0.152. The maximum Gasteiger partial charge on any atom is 0.244 e. The molecule has 0 aliphatic heterocycles. The molecule has 1 unspecified atom stereocenters. The number of pyridine rings is 1. The number of nitrogens with two attached hydrogens (primary N) is 1. The highest BCUT2D eigenvalue weighted by atomic mass is 16.5. The second-order valence-corrected chi connectivity index (χ2v) is 5.60. The number of hydrogen-bond donors (Lipinski definition) is 1. The van der Waals surface area contributed by atoms with Crippen molar-refractivity contribution in [2.45, 2.75) is 45.1 Å². The van der Waals surface area contributed by atoms with E-state index in [0.29, 0.717) is 17.6 Å². The summed E-state index contributed by atoms with van der Waals surface area (Å²) in [6.45, 7) is 2.01. The topological polar surface area (TPSA) is 77.8 Å². The summed E-state index contributed by atoms with van der Waals surface area (Å²) in [7, 11) is 0. The number of aryl methyl sites for hydroxylation is 1. The quantitative estimate of drug-likeness (QED) is 0.929. The summed E-state index contributed by atoms with van der Waals surface area (Å²) in [5.41, 5.74) is 8.13. The molecule has 1 fully saturated rings. The van der Waals surface area contributed by atoms with Gasteiger partial charge in [0.25, 0.3) is 0 Å². The van der Waals surface area contributed by atoms with E-state index in [1.807, 2.05) is 19.1 Å². The van der Waals surface area contributed by atoms with E-state index in [1.54, 1.807) is 6.20 Å². The smallest absolute Gasteiger partial charge is 0.244 e. The number of aromatic nitrogens is 3. The van der Waals surface area contributed by atoms with Crippen LogP contribution in [0.15, 0.2) is 22.9 Å². The minimum Gasteiger partial charge on any atom is -0.337 e. The predicted octanol–water partition coefficient (Wildman–Crippen LogP) is 3.02. The van der Waals surface area contributed by atoms with Gasteiger partial charge in [-0.15, -0.1) is 0 Å². The molecule has 2 aromatic rings. The summed E-state index contributed by atoms with van der Waals surface area (Å²) >= 11 is 0. The molecule has 2 N–H and O–H groups in total. The Bertz CT molecular complexity index is 575. The van der Waals surface area contributed by atoms with Crippen molar-refractivity contribution in [3.8, 4) is 11.5 Å². The second-order valence-electron chi connectivity index (χ2n) is 5.60. The fourth-order valence-corrected chi connectivity index (χ4v) is 2.83. The highest BCUT2D eigenvalue weighted by Crippen LogP contribution is 2.32. The van der Waals surface area contributed by atoms with Crippen molar-refractivity contribution in [3.63, 3.8) is 0 Å². The number of rotatable bonds is 3. The van der Waals surface area contributed by atoms with Gasteiger partial charge >= 0.3 is 0 Å². The van der Waals surface area contributed by atoms with Gasteiger partial charge in [-0.3, -0.25) is 4.98 Å². The number of nitrogens with zero attached hydrogens (tertiary/aromatic N) is 3. The fourth-order valence-electron chi connectivity index (χ4n) is 2.83. The Morgan fingerprint density at radius 1 is 1.30 bits per heavy atom. The molecule has 2 heterocycles. The summed E-state index contributed by atoms with van der Waals surface area (Å²) in [5.74, 6) is 1.52. The standard InChI is InChI=1S/C15H20N4O/c1-10-7-8-17-12(9-10)14-18-15(20-19-14)13(16)11-5-3-2-4-6-11/h7-9,11,13H,2-6,16H2,1H3. The van der Waals surface area contributed by atoms with E-state index in [9.17, 15) is 0 Å². The van der Waals surface area contributed by atoms with Crippen molar-refractivity contribution in [1.29, 1.82) is 0 Å². The van der Waals surface area contributed by atoms with Crippen molar-refractivity contribution < 1.29 is 4.52 Å². The average Bonchev–Trinajstić information content (AvgIpc) is 2.97. The van der Waals surface area contributed by atoms with Crippen LogP contribution in [0.4, 0.5) is 0 Å². The lowest BCUT2D eigenvalue weighted by atomic mass is 9.84. The monoisotopic (exact) mass is 272 g/mol. The molecule has 106 valence electrons. The van der Waals surface area contributed by atoms with Crippen LogP contribution in [-0.2, 0) is 0 Å². The molecule has 0 saturated heterocycles. The molecular weight excluding hydrogens is 252 g/mol. The fraction of sp³-hybridized carbons (Fsp3) is 0.533. The van der Waals surface area contributed by atoms with Gasteiger partial charge in [-0.2, -0.15) is 4.98 Å². The largest absolute Gasteiger partial charge is 0.337 e. The molecule has 0 amide bonds. The zero-order valence-electron chi connectivity index (χ0n) is 11.7. The van der Waals surface area contributed by atoms with Crippen molar-refractivity contribution in [2.24, 2.45) is 11.7 Å². The molecule has 3 rings (SSSR count). The zero-order valence-corrected chi connectivity index (χ0v) is 11.7. The van der Waals surface area contributed by atoms with Crippen LogP contribution in [-0.4, -0.2) is 15.1 Å². The van der Waals surface area contributed by atoms with E-state index < -0.39 is 0 Å². The van der Waals surface area contributed by atoms with Gasteiger partial charge in [0.2, 0.25) is 11.7 Å². The summed E-state index contributed by atoms with van der Waals surface area (Å²) < 4.78 is 5.35. The first-order chi connectivity index (χ1) is 9.74. The van der Waals surface area contributed by atoms with E-state index in [4.69, 9.17) is 10.3 Å². The van der Waals surface area contributed by atoms with E-state index in [0.717, 1.165) is 24.1 Å². The van der Waals surface area contributed by atoms with Crippen LogP contribution >= 0.6 is 0 Å². The SMILES string of the molecule is Cc1ccnc(-c2noc(C(N)C3CCCCC3)n2)c1. The molecule has 5 heteroatoms. The van der Waals surface area contributed by atoms with Gasteiger partial charge in [0.05, 0.1) is 6.04 Å². The van der Waals surface area contributed by atoms with Crippen LogP contribution in [0.3, 0.4) is 0 Å². The van der Waals surface area contributed by atoms with Crippen molar-refractivity contribution in [1.82, 2.24) is 15.1 Å². The summed E-state index contributed by atoms with van der Waals surface area (Å²) in [5, 5.41) is 4.01. The van der Waals surface area contributed by atoms with Gasteiger partial charge in [0.1, 0.15) is 5.69 Å². The maximum atomic E-state index is 6.27. The van der Waals surface area contributed by atoms with Crippen LogP contribution in [0.25, 0.3) is 11.5 Å². The van der Waals surface area contributed by atoms with E-state index in [2.05, 4.69) is 15.1 Å². The predicted molar refractivity (Wildman–Crippen MR) is 75.8 cm³/mol. The normalized spacial score (nSPS) is 18.1. The van der Waals surface area contributed by atoms with Gasteiger partial charge in [-0.25, -0.2) is 0 Å². The lowest BCUT2D eigenvalue weighted by molar-refractivity contribution is 0.255. The third-order valence-electron chi connectivity index (χ3n) is 4.03. The van der Waals surface area contributed by atoms with Crippen molar-refractivity contribution in [2.75, 3.05) is 0 Å². The molecule has 5 nitrogen and oxygen atoms in total. The van der Waals surface area contributed by atoms with Crippen molar-refractivity contribution >= 4 is 0 Å². The first-order valence-corrected chi connectivity index (χ1v) is 7.26. The van der Waals surface area contributed by atoms with E-state index >= 15 is 0 Å². The highest BCUT2D eigenvalue weighted by molar-refractivity contribution is 5.48. The Labute approximate surface area is 118 Å². The summed E-state index contributed by atoms with van der Waals surface area (Å²) in [6.07, 6.45) is 7.87. The first kappa shape index (κ1) is 13.2. The second kappa shape index (κ2) is 5.71. The molecule has 20 heavy (non-hydrogen) atoms. The minimum atomic E-state index is -0.152. The van der Waals surface area contributed by atoms with Crippen LogP contribution < -0.4 is 5.73 Å². The number of hydrogen-bond acceptors (Lipinski definition) is 5. The molecule has 0 aromatic carbocycles. The Balaban J connectivity index is 1.79. The summed E-state index contributed by atoms with van der Waals surface area (Å²) in [4.78, 5) is 8.70. The Hall–Kier alpha value is -1.75. The molecule has 1 aliphatic rings. The zero-order chi connectivity index (χ0) is 13.9. The van der Waals surface area contributed by atoms with Gasteiger partial charge in [-0.1, -0.05) is 24.4 Å². The third kappa shape index (κ3) is 2.72. The lowest BCUT2D eigenvalue weighted by Gasteiger charge is -2.24. The molecule has 0 spiro atoms. The van der Waals surface area contributed by atoms with Gasteiger partial charge in [0, 0.05) is 6.20 Å².